The largest absolute Gasteiger partial charge is 0.384 e. The second-order valence-corrected chi connectivity index (χ2v) is 6.04. The number of aliphatic hydroxyl groups is 1. The van der Waals surface area contributed by atoms with Crippen molar-refractivity contribution in [2.24, 2.45) is 0 Å². The van der Waals surface area contributed by atoms with Gasteiger partial charge in [-0.05, 0) is 36.1 Å². The molecule has 0 spiro atoms. The van der Waals surface area contributed by atoms with Crippen LogP contribution in [0.5, 0.6) is 0 Å². The van der Waals surface area contributed by atoms with Crippen LogP contribution in [-0.4, -0.2) is 21.9 Å². The number of anilines is 1. The Kier molecular flexibility index (Phi) is 6.98. The fourth-order valence-corrected chi connectivity index (χ4v) is 2.69. The molecule has 136 valence electrons. The summed E-state index contributed by atoms with van der Waals surface area (Å²) in [6.45, 7) is 9.45. The van der Waals surface area contributed by atoms with Crippen LogP contribution in [0.1, 0.15) is 16.8 Å². The Labute approximate surface area is 168 Å². The van der Waals surface area contributed by atoms with E-state index in [9.17, 15) is 0 Å². The zero-order chi connectivity index (χ0) is 18.5. The number of benzene rings is 2. The topological polar surface area (TPSA) is 62.4 Å². The lowest BCUT2D eigenvalue weighted by molar-refractivity contribution is 0.350. The number of halogens is 2. The zero-order valence-corrected chi connectivity index (χ0v) is 16.0. The molecule has 0 saturated carbocycles. The first kappa shape index (κ1) is 20.5. The van der Waals surface area contributed by atoms with E-state index in [4.69, 9.17) is 23.3 Å². The average Bonchev–Trinajstić information content (AvgIpc) is 2.67. The van der Waals surface area contributed by atoms with Gasteiger partial charge in [0.05, 0.1) is 6.57 Å². The number of fused-ring (bicyclic) bond motifs is 1. The van der Waals surface area contributed by atoms with Gasteiger partial charge in [0.1, 0.15) is 12.3 Å². The Morgan fingerprint density at radius 1 is 1.19 bits per heavy atom. The second-order valence-electron chi connectivity index (χ2n) is 5.64. The molecule has 2 N–H and O–H groups in total. The van der Waals surface area contributed by atoms with Gasteiger partial charge in [-0.3, -0.25) is 0 Å². The van der Waals surface area contributed by atoms with Crippen molar-refractivity contribution in [2.75, 3.05) is 11.9 Å². The number of nitrogens with one attached hydrogen (secondary N) is 1. The minimum absolute atomic E-state index is 0. The molecule has 5 nitrogen and oxygen atoms in total. The Hall–Kier alpha value is -2.83. The van der Waals surface area contributed by atoms with E-state index >= 15 is 0 Å². The Bertz CT molecular complexity index is 1080. The van der Waals surface area contributed by atoms with Gasteiger partial charge in [-0.25, -0.2) is 4.85 Å². The molecule has 0 aliphatic heterocycles. The summed E-state index contributed by atoms with van der Waals surface area (Å²) < 4.78 is 0. The summed E-state index contributed by atoms with van der Waals surface area (Å²) in [7, 11) is 0. The highest BCUT2D eigenvalue weighted by atomic mass is 35.5. The lowest BCUT2D eigenvalue weighted by atomic mass is 10.1. The molecule has 0 aliphatic carbocycles. The molecule has 0 saturated heterocycles. The van der Waals surface area contributed by atoms with E-state index in [1.165, 1.54) is 0 Å². The molecular formula is C20H16Cl2N4O. The van der Waals surface area contributed by atoms with Gasteiger partial charge < -0.3 is 10.4 Å². The van der Waals surface area contributed by atoms with E-state index in [0.29, 0.717) is 28.8 Å². The lowest BCUT2D eigenvalue weighted by Gasteiger charge is -2.10. The van der Waals surface area contributed by atoms with Gasteiger partial charge in [-0.15, -0.1) is 22.6 Å². The Morgan fingerprint density at radius 3 is 2.70 bits per heavy atom. The number of aryl methyl sites for hydroxylation is 1. The third kappa shape index (κ3) is 4.67. The zero-order valence-electron chi connectivity index (χ0n) is 14.5. The predicted octanol–water partition coefficient (Wildman–Crippen LogP) is 4.52. The SMILES string of the molecule is Cl.[C-]#[N+]c1ccc2c(C#CCO)nnc(NCc3ccc(C)c(Cl)c3)c2c1. The van der Waals surface area contributed by atoms with Crippen molar-refractivity contribution in [1.29, 1.82) is 0 Å². The highest BCUT2D eigenvalue weighted by molar-refractivity contribution is 6.31. The first-order chi connectivity index (χ1) is 12.6. The summed E-state index contributed by atoms with van der Waals surface area (Å²) in [4.78, 5) is 3.47. The number of aliphatic hydroxyl groups excluding tert-OH is 1. The van der Waals surface area contributed by atoms with Crippen LogP contribution in [0.25, 0.3) is 15.6 Å². The normalized spacial score (nSPS) is 9.70. The van der Waals surface area contributed by atoms with Crippen molar-refractivity contribution >= 4 is 46.3 Å². The van der Waals surface area contributed by atoms with Gasteiger partial charge in [0.15, 0.2) is 11.5 Å². The van der Waals surface area contributed by atoms with Crippen LogP contribution in [0.15, 0.2) is 36.4 Å². The van der Waals surface area contributed by atoms with E-state index in [1.807, 2.05) is 25.1 Å². The smallest absolute Gasteiger partial charge is 0.188 e. The maximum absolute atomic E-state index is 8.90. The lowest BCUT2D eigenvalue weighted by Crippen LogP contribution is -2.04. The third-order valence-electron chi connectivity index (χ3n) is 3.87. The Balaban J connectivity index is 0.00000261. The molecule has 0 fully saturated rings. The van der Waals surface area contributed by atoms with E-state index < -0.39 is 0 Å². The van der Waals surface area contributed by atoms with Crippen LogP contribution in [-0.2, 0) is 6.54 Å². The van der Waals surface area contributed by atoms with Crippen molar-refractivity contribution < 1.29 is 5.11 Å². The molecule has 0 amide bonds. The van der Waals surface area contributed by atoms with Crippen LogP contribution in [0, 0.1) is 25.3 Å². The number of aromatic nitrogens is 2. The van der Waals surface area contributed by atoms with E-state index in [-0.39, 0.29) is 19.0 Å². The molecule has 0 bridgehead atoms. The van der Waals surface area contributed by atoms with Gasteiger partial charge in [0.2, 0.25) is 0 Å². The average molecular weight is 399 g/mol. The molecule has 3 rings (SSSR count). The molecule has 1 heterocycles. The summed E-state index contributed by atoms with van der Waals surface area (Å²) >= 11 is 6.17. The highest BCUT2D eigenvalue weighted by Crippen LogP contribution is 2.28. The summed E-state index contributed by atoms with van der Waals surface area (Å²) in [6, 6.07) is 11.1. The number of hydrogen-bond donors (Lipinski definition) is 2. The van der Waals surface area contributed by atoms with E-state index in [1.54, 1.807) is 18.2 Å². The molecular weight excluding hydrogens is 383 g/mol. The summed E-state index contributed by atoms with van der Waals surface area (Å²) in [5.41, 5.74) is 3.01. The van der Waals surface area contributed by atoms with Crippen LogP contribution in [0.4, 0.5) is 11.5 Å². The van der Waals surface area contributed by atoms with Crippen LogP contribution >= 0.6 is 24.0 Å². The molecule has 2 aromatic carbocycles. The fourth-order valence-electron chi connectivity index (χ4n) is 2.49. The molecule has 27 heavy (non-hydrogen) atoms. The van der Waals surface area contributed by atoms with Crippen LogP contribution < -0.4 is 5.32 Å². The molecule has 7 heteroatoms. The van der Waals surface area contributed by atoms with Gasteiger partial charge >= 0.3 is 0 Å². The van der Waals surface area contributed by atoms with Gasteiger partial charge in [0.25, 0.3) is 0 Å². The summed E-state index contributed by atoms with van der Waals surface area (Å²) in [5.74, 6) is 5.94. The van der Waals surface area contributed by atoms with Gasteiger partial charge in [-0.2, -0.15) is 0 Å². The number of rotatable bonds is 3. The minimum Gasteiger partial charge on any atom is -0.384 e. The van der Waals surface area contributed by atoms with Crippen molar-refractivity contribution in [3.63, 3.8) is 0 Å². The second kappa shape index (κ2) is 9.21. The molecule has 0 aliphatic rings. The third-order valence-corrected chi connectivity index (χ3v) is 4.28. The highest BCUT2D eigenvalue weighted by Gasteiger charge is 2.09. The maximum Gasteiger partial charge on any atom is 0.188 e. The van der Waals surface area contributed by atoms with Gasteiger partial charge in [0, 0.05) is 22.3 Å². The Morgan fingerprint density at radius 2 is 2.00 bits per heavy atom. The van der Waals surface area contributed by atoms with Crippen LogP contribution in [0.3, 0.4) is 0 Å². The minimum atomic E-state index is -0.252. The van der Waals surface area contributed by atoms with Crippen molar-refractivity contribution in [1.82, 2.24) is 10.2 Å². The first-order valence-electron chi connectivity index (χ1n) is 7.89. The van der Waals surface area contributed by atoms with Crippen molar-refractivity contribution in [3.05, 3.63) is 69.7 Å². The maximum atomic E-state index is 8.90. The molecule has 0 atom stereocenters. The first-order valence-corrected chi connectivity index (χ1v) is 8.26. The van der Waals surface area contributed by atoms with Crippen LogP contribution in [0.2, 0.25) is 5.02 Å². The molecule has 3 aromatic rings. The number of hydrogen-bond acceptors (Lipinski definition) is 4. The molecule has 0 radical (unpaired) electrons. The summed E-state index contributed by atoms with van der Waals surface area (Å²) in [6.07, 6.45) is 0. The summed E-state index contributed by atoms with van der Waals surface area (Å²) in [5, 5.41) is 22.8. The van der Waals surface area contributed by atoms with Crippen molar-refractivity contribution in [3.8, 4) is 11.8 Å². The van der Waals surface area contributed by atoms with E-state index in [0.717, 1.165) is 21.9 Å². The van der Waals surface area contributed by atoms with Crippen molar-refractivity contribution in [2.45, 2.75) is 13.5 Å². The molecule has 0 unspecified atom stereocenters. The standard InChI is InChI=1S/C20H15ClN4O.ClH/c1-13-5-6-14(10-18(13)21)12-23-20-17-11-15(22-2)7-8-16(17)19(24-25-20)4-3-9-26;/h5-8,10-11,26H,9,12H2,1H3,(H,23,25);1H. The van der Waals surface area contributed by atoms with E-state index in [2.05, 4.69) is 32.2 Å². The van der Waals surface area contributed by atoms with Gasteiger partial charge in [-0.1, -0.05) is 41.8 Å². The molecule has 1 aromatic heterocycles. The number of nitrogens with zero attached hydrogens (tertiary/aromatic N) is 3. The fraction of sp³-hybridized carbons (Fsp3) is 0.150. The monoisotopic (exact) mass is 398 g/mol. The quantitative estimate of drug-likeness (QED) is 0.502. The predicted molar refractivity (Wildman–Crippen MR) is 111 cm³/mol.